The summed E-state index contributed by atoms with van der Waals surface area (Å²) in [6, 6.07) is -0.540. The lowest BCUT2D eigenvalue weighted by atomic mass is 10.0. The van der Waals surface area contributed by atoms with Gasteiger partial charge in [0.05, 0.1) is 25.4 Å². The van der Waals surface area contributed by atoms with Gasteiger partial charge in [0.2, 0.25) is 5.91 Å². The van der Waals surface area contributed by atoms with Crippen molar-refractivity contribution < 1.29 is 24.5 Å². The van der Waals surface area contributed by atoms with Crippen LogP contribution in [0.15, 0.2) is 12.2 Å². The van der Waals surface area contributed by atoms with E-state index >= 15 is 0 Å². The Morgan fingerprint density at radius 2 is 0.701 bits per heavy atom. The maximum absolute atomic E-state index is 12.4. The van der Waals surface area contributed by atoms with E-state index in [1.165, 1.54) is 270 Å². The SMILES string of the molecule is CCCCCCCCCCCCCCCCC(=O)OCCCCCCCCCCCCCC/C=C\CCCCCCCCCCCCC(=O)NC(CO)C(O)CCCCCCCCCCCC. The Kier molecular flexibility index (Phi) is 56.0. The van der Waals surface area contributed by atoms with Crippen LogP contribution in [0.1, 0.15) is 341 Å². The van der Waals surface area contributed by atoms with E-state index in [-0.39, 0.29) is 18.5 Å². The fourth-order valence-corrected chi connectivity index (χ4v) is 9.64. The quantitative estimate of drug-likeness (QED) is 0.0321. The third-order valence-electron chi connectivity index (χ3n) is 14.3. The number of rotatable bonds is 57. The first kappa shape index (κ1) is 65.6. The molecule has 0 aliphatic carbocycles. The molecule has 0 aliphatic heterocycles. The van der Waals surface area contributed by atoms with Gasteiger partial charge < -0.3 is 20.3 Å². The van der Waals surface area contributed by atoms with Crippen LogP contribution in [0.4, 0.5) is 0 Å². The Morgan fingerprint density at radius 1 is 0.403 bits per heavy atom. The number of amides is 1. The zero-order chi connectivity index (χ0) is 48.6. The molecule has 2 atom stereocenters. The van der Waals surface area contributed by atoms with Crippen LogP contribution >= 0.6 is 0 Å². The van der Waals surface area contributed by atoms with Crippen LogP contribution in [0.2, 0.25) is 0 Å². The van der Waals surface area contributed by atoms with Gasteiger partial charge in [-0.05, 0) is 51.4 Å². The van der Waals surface area contributed by atoms with Crippen LogP contribution in [0, 0.1) is 0 Å². The number of esters is 1. The van der Waals surface area contributed by atoms with Gasteiger partial charge in [-0.1, -0.05) is 289 Å². The molecule has 0 aliphatic rings. The summed E-state index contributed by atoms with van der Waals surface area (Å²) in [5, 5.41) is 23.1. The molecule has 1 amide bonds. The summed E-state index contributed by atoms with van der Waals surface area (Å²) in [6.07, 6.45) is 68.0. The van der Waals surface area contributed by atoms with E-state index < -0.39 is 12.1 Å². The highest BCUT2D eigenvalue weighted by Gasteiger charge is 2.20. The summed E-state index contributed by atoms with van der Waals surface area (Å²) in [4.78, 5) is 24.5. The molecule has 0 aromatic heterocycles. The summed E-state index contributed by atoms with van der Waals surface area (Å²) in [5.41, 5.74) is 0. The van der Waals surface area contributed by atoms with Crippen LogP contribution in [0.25, 0.3) is 0 Å². The molecule has 0 bridgehead atoms. The van der Waals surface area contributed by atoms with Gasteiger partial charge in [-0.25, -0.2) is 0 Å². The zero-order valence-electron chi connectivity index (χ0n) is 45.4. The van der Waals surface area contributed by atoms with Gasteiger partial charge in [0, 0.05) is 12.8 Å². The first-order valence-corrected chi connectivity index (χ1v) is 30.4. The van der Waals surface area contributed by atoms with E-state index in [0.29, 0.717) is 25.9 Å². The number of aliphatic hydroxyl groups excluding tert-OH is 2. The maximum Gasteiger partial charge on any atom is 0.305 e. The molecular formula is C61H119NO5. The Hall–Kier alpha value is -1.40. The molecular weight excluding hydrogens is 827 g/mol. The smallest absolute Gasteiger partial charge is 0.305 e. The van der Waals surface area contributed by atoms with Gasteiger partial charge in [-0.2, -0.15) is 0 Å². The molecule has 398 valence electrons. The van der Waals surface area contributed by atoms with Crippen molar-refractivity contribution in [1.29, 1.82) is 0 Å². The van der Waals surface area contributed by atoms with Crippen LogP contribution in [-0.2, 0) is 14.3 Å². The minimum absolute atomic E-state index is 0.0170. The van der Waals surface area contributed by atoms with E-state index in [4.69, 9.17) is 4.74 Å². The second-order valence-corrected chi connectivity index (χ2v) is 21.0. The number of nitrogens with one attached hydrogen (secondary N) is 1. The van der Waals surface area contributed by atoms with Gasteiger partial charge in [0.15, 0.2) is 0 Å². The normalized spacial score (nSPS) is 12.6. The lowest BCUT2D eigenvalue weighted by Crippen LogP contribution is -2.45. The van der Waals surface area contributed by atoms with E-state index in [2.05, 4.69) is 31.3 Å². The van der Waals surface area contributed by atoms with Crippen molar-refractivity contribution in [2.75, 3.05) is 13.2 Å². The number of ether oxygens (including phenoxy) is 1. The highest BCUT2D eigenvalue weighted by atomic mass is 16.5. The Labute approximate surface area is 419 Å². The molecule has 0 rings (SSSR count). The number of hydrogen-bond acceptors (Lipinski definition) is 5. The predicted octanol–water partition coefficient (Wildman–Crippen LogP) is 18.9. The average molecular weight is 947 g/mol. The van der Waals surface area contributed by atoms with Crippen LogP contribution in [-0.4, -0.2) is 47.4 Å². The summed E-state index contributed by atoms with van der Waals surface area (Å²) in [5.74, 6) is -0.0202. The van der Waals surface area contributed by atoms with Crippen molar-refractivity contribution in [2.24, 2.45) is 0 Å². The van der Waals surface area contributed by atoms with Crippen molar-refractivity contribution >= 4 is 11.9 Å². The fraction of sp³-hybridized carbons (Fsp3) is 0.934. The lowest BCUT2D eigenvalue weighted by molar-refractivity contribution is -0.143. The molecule has 67 heavy (non-hydrogen) atoms. The van der Waals surface area contributed by atoms with Crippen LogP contribution in [0.5, 0.6) is 0 Å². The molecule has 0 aromatic rings. The van der Waals surface area contributed by atoms with Crippen molar-refractivity contribution in [3.63, 3.8) is 0 Å². The van der Waals surface area contributed by atoms with Crippen LogP contribution in [0.3, 0.4) is 0 Å². The summed E-state index contributed by atoms with van der Waals surface area (Å²) in [6.45, 7) is 4.96. The van der Waals surface area contributed by atoms with Gasteiger partial charge in [0.25, 0.3) is 0 Å². The first-order valence-electron chi connectivity index (χ1n) is 30.4. The van der Waals surface area contributed by atoms with Crippen molar-refractivity contribution in [3.05, 3.63) is 12.2 Å². The Balaban J connectivity index is 3.35. The zero-order valence-corrected chi connectivity index (χ0v) is 45.4. The Bertz CT molecular complexity index is 1000. The maximum atomic E-state index is 12.4. The summed E-state index contributed by atoms with van der Waals surface area (Å²) >= 11 is 0. The highest BCUT2D eigenvalue weighted by Crippen LogP contribution is 2.18. The molecule has 6 nitrogen and oxygen atoms in total. The van der Waals surface area contributed by atoms with Gasteiger partial charge in [-0.3, -0.25) is 9.59 Å². The minimum Gasteiger partial charge on any atom is -0.466 e. The standard InChI is InChI=1S/C61H119NO5/c1-3-5-7-9-11-13-15-16-32-35-39-43-47-51-55-61(66)67-56-52-48-44-40-36-33-30-28-26-24-22-20-18-17-19-21-23-25-27-29-31-34-38-42-46-50-54-60(65)62-58(57-63)59(64)53-49-45-41-37-14-12-10-8-6-4-2/h17,19,58-59,63-64H,3-16,18,20-57H2,1-2H3,(H,62,65)/b19-17-. The number of aliphatic hydroxyl groups is 2. The minimum atomic E-state index is -0.662. The second kappa shape index (κ2) is 57.2. The predicted molar refractivity (Wildman–Crippen MR) is 292 cm³/mol. The second-order valence-electron chi connectivity index (χ2n) is 21.0. The molecule has 2 unspecified atom stereocenters. The average Bonchev–Trinajstić information content (AvgIpc) is 3.33. The number of unbranched alkanes of at least 4 members (excludes halogenated alkanes) is 44. The van der Waals surface area contributed by atoms with E-state index in [9.17, 15) is 19.8 Å². The molecule has 0 spiro atoms. The molecule has 0 radical (unpaired) electrons. The molecule has 0 saturated carbocycles. The van der Waals surface area contributed by atoms with Gasteiger partial charge in [-0.15, -0.1) is 0 Å². The highest BCUT2D eigenvalue weighted by molar-refractivity contribution is 5.76. The molecule has 6 heteroatoms. The first-order chi connectivity index (χ1) is 33.0. The summed E-state index contributed by atoms with van der Waals surface area (Å²) < 4.78 is 5.48. The van der Waals surface area contributed by atoms with Crippen molar-refractivity contribution in [3.8, 4) is 0 Å². The fourth-order valence-electron chi connectivity index (χ4n) is 9.64. The number of allylic oxidation sites excluding steroid dienone is 2. The molecule has 0 fully saturated rings. The molecule has 0 aromatic carbocycles. The van der Waals surface area contributed by atoms with Gasteiger partial charge >= 0.3 is 5.97 Å². The van der Waals surface area contributed by atoms with Gasteiger partial charge in [0.1, 0.15) is 0 Å². The number of hydrogen-bond donors (Lipinski definition) is 3. The summed E-state index contributed by atoms with van der Waals surface area (Å²) in [7, 11) is 0. The topological polar surface area (TPSA) is 95.9 Å². The van der Waals surface area contributed by atoms with E-state index in [0.717, 1.165) is 38.5 Å². The van der Waals surface area contributed by atoms with E-state index in [1.807, 2.05) is 0 Å². The number of carbonyl (C=O) groups is 2. The monoisotopic (exact) mass is 946 g/mol. The van der Waals surface area contributed by atoms with Crippen molar-refractivity contribution in [2.45, 2.75) is 353 Å². The Morgan fingerprint density at radius 3 is 1.06 bits per heavy atom. The van der Waals surface area contributed by atoms with Crippen molar-refractivity contribution in [1.82, 2.24) is 5.32 Å². The molecule has 0 heterocycles. The van der Waals surface area contributed by atoms with E-state index in [1.54, 1.807) is 0 Å². The molecule has 0 saturated heterocycles. The third-order valence-corrected chi connectivity index (χ3v) is 14.3. The molecule has 3 N–H and O–H groups in total. The lowest BCUT2D eigenvalue weighted by Gasteiger charge is -2.22. The van der Waals surface area contributed by atoms with Crippen LogP contribution < -0.4 is 5.32 Å². The largest absolute Gasteiger partial charge is 0.466 e. The third kappa shape index (κ3) is 53.8. The number of carbonyl (C=O) groups excluding carboxylic acids is 2.